The van der Waals surface area contributed by atoms with Gasteiger partial charge in [0.2, 0.25) is 5.91 Å². The summed E-state index contributed by atoms with van der Waals surface area (Å²) in [6.45, 7) is 8.63. The number of amides is 1. The Morgan fingerprint density at radius 1 is 1.11 bits per heavy atom. The van der Waals surface area contributed by atoms with E-state index >= 15 is 0 Å². The van der Waals surface area contributed by atoms with Gasteiger partial charge in [0.25, 0.3) is 0 Å². The maximum Gasteiger partial charge on any atom is 0.227 e. The average Bonchev–Trinajstić information content (AvgIpc) is 3.52. The number of rotatable bonds is 3. The number of carbonyl (C=O) groups is 1. The second kappa shape index (κ2) is 8.93. The van der Waals surface area contributed by atoms with Gasteiger partial charge in [-0.05, 0) is 124 Å². The van der Waals surface area contributed by atoms with Crippen LogP contribution < -0.4 is 0 Å². The average molecular weight is 531 g/mol. The highest BCUT2D eigenvalue weighted by Crippen LogP contribution is 2.68. The Bertz CT molecular complexity index is 1290. The summed E-state index contributed by atoms with van der Waals surface area (Å²) in [6.07, 6.45) is 13.8. The highest BCUT2D eigenvalue weighted by atomic mass is 32.1. The van der Waals surface area contributed by atoms with Crippen molar-refractivity contribution >= 4 is 27.3 Å². The summed E-state index contributed by atoms with van der Waals surface area (Å²) in [6, 6.07) is 9.69. The van der Waals surface area contributed by atoms with Gasteiger partial charge in [-0.2, -0.15) is 0 Å². The first-order valence-corrected chi connectivity index (χ1v) is 16.2. The molecule has 4 fully saturated rings. The lowest BCUT2D eigenvalue weighted by Gasteiger charge is -2.58. The molecule has 204 valence electrons. The molecule has 1 aromatic heterocycles. The van der Waals surface area contributed by atoms with Crippen molar-refractivity contribution in [1.82, 2.24) is 9.80 Å². The van der Waals surface area contributed by atoms with Crippen molar-refractivity contribution in [2.24, 2.45) is 34.5 Å². The molecule has 0 radical (unpaired) electrons. The molecular weight excluding hydrogens is 484 g/mol. The van der Waals surface area contributed by atoms with E-state index in [4.69, 9.17) is 0 Å². The van der Waals surface area contributed by atoms with Crippen LogP contribution in [-0.4, -0.2) is 48.4 Å². The van der Waals surface area contributed by atoms with Gasteiger partial charge >= 0.3 is 0 Å². The van der Waals surface area contributed by atoms with Crippen molar-refractivity contribution in [1.29, 1.82) is 0 Å². The topological polar surface area (TPSA) is 23.6 Å². The maximum atomic E-state index is 13.5. The van der Waals surface area contributed by atoms with E-state index in [2.05, 4.69) is 75.0 Å². The van der Waals surface area contributed by atoms with Crippen LogP contribution in [0.15, 0.2) is 35.9 Å². The minimum absolute atomic E-state index is 0.290. The lowest BCUT2D eigenvalue weighted by Crippen LogP contribution is -2.53. The number of allylic oxidation sites excluding steroid dienone is 1. The van der Waals surface area contributed by atoms with E-state index in [-0.39, 0.29) is 0 Å². The summed E-state index contributed by atoms with van der Waals surface area (Å²) < 4.78 is 1.30. The van der Waals surface area contributed by atoms with Crippen molar-refractivity contribution in [3.63, 3.8) is 0 Å². The van der Waals surface area contributed by atoms with E-state index in [1.165, 1.54) is 65.6 Å². The molecule has 2 aromatic rings. The minimum atomic E-state index is 0.290. The van der Waals surface area contributed by atoms with Crippen LogP contribution in [0.25, 0.3) is 10.1 Å². The largest absolute Gasteiger partial charge is 0.342 e. The first-order chi connectivity index (χ1) is 18.2. The van der Waals surface area contributed by atoms with Crippen LogP contribution in [0, 0.1) is 41.4 Å². The van der Waals surface area contributed by atoms with Crippen molar-refractivity contribution < 1.29 is 4.79 Å². The van der Waals surface area contributed by atoms with Crippen molar-refractivity contribution in [3.8, 4) is 0 Å². The molecule has 0 N–H and O–H groups in total. The Kier molecular flexibility index (Phi) is 5.95. The molecule has 3 saturated carbocycles. The summed E-state index contributed by atoms with van der Waals surface area (Å²) in [5.41, 5.74) is 3.93. The zero-order chi connectivity index (χ0) is 26.4. The van der Waals surface area contributed by atoms with Crippen LogP contribution in [0.2, 0.25) is 0 Å². The predicted molar refractivity (Wildman–Crippen MR) is 158 cm³/mol. The number of benzene rings is 1. The third kappa shape index (κ3) is 3.51. The fourth-order valence-electron chi connectivity index (χ4n) is 10.6. The number of likely N-dealkylation sites (tertiary alicyclic amines) is 1. The van der Waals surface area contributed by atoms with Crippen LogP contribution >= 0.6 is 11.3 Å². The molecule has 8 unspecified atom stereocenters. The summed E-state index contributed by atoms with van der Waals surface area (Å²) >= 11 is 1.80. The summed E-state index contributed by atoms with van der Waals surface area (Å²) in [5, 5.41) is 1.31. The molecule has 4 aliphatic carbocycles. The number of fused-ring (bicyclic) bond motifs is 5. The maximum absolute atomic E-state index is 13.5. The Labute approximate surface area is 233 Å². The van der Waals surface area contributed by atoms with Gasteiger partial charge in [0.1, 0.15) is 0 Å². The summed E-state index contributed by atoms with van der Waals surface area (Å²) in [4.78, 5) is 19.5. The molecule has 0 bridgehead atoms. The summed E-state index contributed by atoms with van der Waals surface area (Å²) in [5.74, 6) is 3.88. The van der Waals surface area contributed by atoms with Crippen LogP contribution in [0.1, 0.15) is 75.7 Å². The Hall–Kier alpha value is -1.65. The zero-order valence-electron chi connectivity index (χ0n) is 24.1. The zero-order valence-corrected chi connectivity index (χ0v) is 24.9. The normalized spacial score (nSPS) is 40.3. The van der Waals surface area contributed by atoms with Gasteiger partial charge in [0, 0.05) is 35.3 Å². The fraction of sp³-hybridized carbons (Fsp3) is 0.676. The second-order valence-electron chi connectivity index (χ2n) is 14.1. The predicted octanol–water partition coefficient (Wildman–Crippen LogP) is 7.47. The smallest absolute Gasteiger partial charge is 0.227 e. The molecule has 3 nitrogen and oxygen atoms in total. The number of likely N-dealkylation sites (N-methyl/N-ethyl adjacent to an activating group) is 1. The number of hydrogen-bond donors (Lipinski definition) is 0. The van der Waals surface area contributed by atoms with E-state index in [0.29, 0.717) is 29.2 Å². The number of thiophene rings is 1. The van der Waals surface area contributed by atoms with Gasteiger partial charge in [-0.15, -0.1) is 11.3 Å². The number of carbonyl (C=O) groups excluding carboxylic acids is 1. The molecule has 4 heteroatoms. The quantitative estimate of drug-likeness (QED) is 0.384. The first kappa shape index (κ1) is 25.3. The Morgan fingerprint density at radius 2 is 1.89 bits per heavy atom. The monoisotopic (exact) mass is 530 g/mol. The van der Waals surface area contributed by atoms with E-state index in [1.54, 1.807) is 16.9 Å². The molecule has 1 amide bonds. The van der Waals surface area contributed by atoms with Crippen molar-refractivity contribution in [2.75, 3.05) is 20.6 Å². The van der Waals surface area contributed by atoms with Crippen LogP contribution in [0.4, 0.5) is 0 Å². The molecular formula is C34H46N2OS. The van der Waals surface area contributed by atoms with Crippen LogP contribution in [-0.2, 0) is 11.2 Å². The van der Waals surface area contributed by atoms with E-state index in [0.717, 1.165) is 42.6 Å². The third-order valence-corrected chi connectivity index (χ3v) is 14.2. The minimum Gasteiger partial charge on any atom is -0.342 e. The molecule has 1 aliphatic heterocycles. The van der Waals surface area contributed by atoms with E-state index < -0.39 is 0 Å². The van der Waals surface area contributed by atoms with E-state index in [9.17, 15) is 4.79 Å². The lowest BCUT2D eigenvalue weighted by atomic mass is 9.47. The molecule has 1 aromatic carbocycles. The van der Waals surface area contributed by atoms with Gasteiger partial charge in [-0.25, -0.2) is 0 Å². The number of aryl methyl sites for hydroxylation is 1. The molecule has 1 saturated heterocycles. The number of hydrogen-bond acceptors (Lipinski definition) is 3. The van der Waals surface area contributed by atoms with Gasteiger partial charge in [-0.3, -0.25) is 4.79 Å². The van der Waals surface area contributed by atoms with Gasteiger partial charge in [-0.1, -0.05) is 36.8 Å². The highest BCUT2D eigenvalue weighted by molar-refractivity contribution is 7.19. The molecule has 7 rings (SSSR count). The molecule has 38 heavy (non-hydrogen) atoms. The Balaban J connectivity index is 1.07. The third-order valence-electron chi connectivity index (χ3n) is 12.9. The Morgan fingerprint density at radius 3 is 2.71 bits per heavy atom. The van der Waals surface area contributed by atoms with Gasteiger partial charge in [0.15, 0.2) is 0 Å². The van der Waals surface area contributed by atoms with Crippen LogP contribution in [0.5, 0.6) is 0 Å². The molecule has 2 heterocycles. The molecule has 8 atom stereocenters. The standard InChI is InChI=1S/C34H46N2OS/c1-21-25-8-6-7-9-30(25)38-31(21)19-32(37)36(5)24-14-16-33(3)23(18-24)10-11-26-28(33)15-17-34-20-35(4)22(2)27(34)12-13-29(26)34/h6-10,22,24,26-29H,11-20H2,1-5H3. The van der Waals surface area contributed by atoms with Gasteiger partial charge in [0.05, 0.1) is 6.42 Å². The SMILES string of the molecule is Cc1c(CC(=O)N(C)C2CCC3(C)C(=CCC4C3CCC35CN(C)C(C)C3CCC45)C2)sc2ccccc12. The summed E-state index contributed by atoms with van der Waals surface area (Å²) in [7, 11) is 4.45. The first-order valence-electron chi connectivity index (χ1n) is 15.4. The fourth-order valence-corrected chi connectivity index (χ4v) is 11.8. The highest BCUT2D eigenvalue weighted by Gasteiger charge is 2.64. The van der Waals surface area contributed by atoms with E-state index in [1.807, 2.05) is 0 Å². The molecule has 1 spiro atoms. The lowest BCUT2D eigenvalue weighted by molar-refractivity contribution is -0.132. The molecule has 5 aliphatic rings. The van der Waals surface area contributed by atoms with Crippen LogP contribution in [0.3, 0.4) is 0 Å². The number of nitrogens with zero attached hydrogens (tertiary/aromatic N) is 2. The van der Waals surface area contributed by atoms with Gasteiger partial charge < -0.3 is 9.80 Å². The van der Waals surface area contributed by atoms with Crippen molar-refractivity contribution in [2.45, 2.75) is 90.6 Å². The van der Waals surface area contributed by atoms with Crippen molar-refractivity contribution in [3.05, 3.63) is 46.4 Å². The second-order valence-corrected chi connectivity index (χ2v) is 15.2.